The molecule has 6 aromatic rings. The molecule has 0 radical (unpaired) electrons. The molecule has 4 N–H and O–H groups in total. The lowest BCUT2D eigenvalue weighted by Crippen LogP contribution is -2.30. The van der Waals surface area contributed by atoms with Crippen molar-refractivity contribution in [2.24, 2.45) is 5.92 Å². The van der Waals surface area contributed by atoms with Crippen LogP contribution >= 0.6 is 0 Å². The molecular weight excluding hydrogens is 519 g/mol. The van der Waals surface area contributed by atoms with E-state index in [1.165, 1.54) is 12.1 Å². The van der Waals surface area contributed by atoms with E-state index in [2.05, 4.69) is 40.8 Å². The molecule has 1 aliphatic heterocycles. The third-order valence-corrected chi connectivity index (χ3v) is 7.61. The molecule has 0 atom stereocenters. The van der Waals surface area contributed by atoms with E-state index < -0.39 is 0 Å². The van der Waals surface area contributed by atoms with Gasteiger partial charge in [0.05, 0.1) is 29.0 Å². The largest absolute Gasteiger partial charge is 0.353 e. The quantitative estimate of drug-likeness (QED) is 0.213. The van der Waals surface area contributed by atoms with Gasteiger partial charge in [0.25, 0.3) is 0 Å². The molecule has 1 aromatic carbocycles. The first kappa shape index (κ1) is 25.0. The summed E-state index contributed by atoms with van der Waals surface area (Å²) in [6.45, 7) is 1.92. The molecule has 0 saturated carbocycles. The summed E-state index contributed by atoms with van der Waals surface area (Å²) in [5.41, 5.74) is 6.76. The summed E-state index contributed by atoms with van der Waals surface area (Å²) in [5, 5.41) is 15.6. The van der Waals surface area contributed by atoms with Crippen LogP contribution < -0.4 is 10.6 Å². The minimum absolute atomic E-state index is 0.00691. The summed E-state index contributed by atoms with van der Waals surface area (Å²) in [6.07, 6.45) is 9.42. The van der Waals surface area contributed by atoms with Crippen LogP contribution in [0.15, 0.2) is 73.3 Å². The van der Waals surface area contributed by atoms with Crippen molar-refractivity contribution >= 4 is 33.5 Å². The van der Waals surface area contributed by atoms with Crippen molar-refractivity contribution in [1.29, 1.82) is 0 Å². The number of aromatic nitrogens is 6. The molecule has 7 rings (SSSR count). The van der Waals surface area contributed by atoms with Crippen molar-refractivity contribution in [1.82, 2.24) is 35.5 Å². The summed E-state index contributed by atoms with van der Waals surface area (Å²) >= 11 is 0. The second-order valence-electron chi connectivity index (χ2n) is 10.4. The fourth-order valence-electron chi connectivity index (χ4n) is 5.54. The molecule has 10 heteroatoms. The predicted octanol–water partition coefficient (Wildman–Crippen LogP) is 5.70. The van der Waals surface area contributed by atoms with E-state index in [0.717, 1.165) is 64.7 Å². The number of aromatic amines is 2. The van der Waals surface area contributed by atoms with E-state index in [1.807, 2.05) is 30.3 Å². The molecule has 0 unspecified atom stereocenters. The van der Waals surface area contributed by atoms with Gasteiger partial charge in [0.15, 0.2) is 5.65 Å². The van der Waals surface area contributed by atoms with Gasteiger partial charge < -0.3 is 15.6 Å². The Morgan fingerprint density at radius 3 is 2.71 bits per heavy atom. The highest BCUT2D eigenvalue weighted by atomic mass is 19.1. The number of nitrogens with zero attached hydrogens (tertiary/aromatic N) is 4. The highest BCUT2D eigenvalue weighted by Gasteiger charge is 2.18. The first-order chi connectivity index (χ1) is 20.1. The molecular formula is C31H27FN8O. The fraction of sp³-hybridized carbons (Fsp3) is 0.194. The van der Waals surface area contributed by atoms with Gasteiger partial charge in [-0.3, -0.25) is 19.9 Å². The van der Waals surface area contributed by atoms with Gasteiger partial charge in [-0.25, -0.2) is 9.37 Å². The highest BCUT2D eigenvalue weighted by Crippen LogP contribution is 2.34. The Hall–Kier alpha value is -4.96. The molecule has 1 saturated heterocycles. The van der Waals surface area contributed by atoms with Crippen LogP contribution in [0.1, 0.15) is 19.3 Å². The molecule has 204 valence electrons. The van der Waals surface area contributed by atoms with Gasteiger partial charge in [-0.05, 0) is 68.2 Å². The van der Waals surface area contributed by atoms with Crippen molar-refractivity contribution < 1.29 is 9.18 Å². The lowest BCUT2D eigenvalue weighted by atomic mass is 9.94. The van der Waals surface area contributed by atoms with Crippen LogP contribution in [-0.2, 0) is 4.79 Å². The number of amides is 1. The summed E-state index contributed by atoms with van der Waals surface area (Å²) in [6, 6.07) is 14.2. The average molecular weight is 547 g/mol. The number of rotatable bonds is 6. The number of carbonyl (C=O) groups is 1. The smallest absolute Gasteiger partial charge is 0.224 e. The van der Waals surface area contributed by atoms with Crippen LogP contribution in [0, 0.1) is 11.7 Å². The zero-order valence-corrected chi connectivity index (χ0v) is 22.1. The lowest BCUT2D eigenvalue weighted by molar-refractivity contribution is -0.117. The Morgan fingerprint density at radius 2 is 1.83 bits per heavy atom. The van der Waals surface area contributed by atoms with Crippen LogP contribution in [-0.4, -0.2) is 49.1 Å². The first-order valence-corrected chi connectivity index (χ1v) is 13.6. The number of anilines is 1. The van der Waals surface area contributed by atoms with Crippen molar-refractivity contribution in [2.45, 2.75) is 19.3 Å². The zero-order chi connectivity index (χ0) is 27.8. The number of carbonyl (C=O) groups excluding carboxylic acids is 1. The minimum atomic E-state index is -0.310. The van der Waals surface area contributed by atoms with Crippen LogP contribution in [0.25, 0.3) is 55.7 Å². The van der Waals surface area contributed by atoms with Crippen LogP contribution in [0.5, 0.6) is 0 Å². The molecule has 0 spiro atoms. The van der Waals surface area contributed by atoms with Crippen molar-refractivity contribution in [2.75, 3.05) is 18.4 Å². The number of piperidine rings is 1. The van der Waals surface area contributed by atoms with E-state index in [0.29, 0.717) is 34.9 Å². The number of H-pyrrole nitrogens is 2. The van der Waals surface area contributed by atoms with Crippen molar-refractivity contribution in [3.8, 4) is 33.8 Å². The highest BCUT2D eigenvalue weighted by molar-refractivity contribution is 6.00. The van der Waals surface area contributed by atoms with Crippen molar-refractivity contribution in [3.05, 3.63) is 79.1 Å². The summed E-state index contributed by atoms with van der Waals surface area (Å²) in [7, 11) is 0. The van der Waals surface area contributed by atoms with E-state index in [9.17, 15) is 9.18 Å². The number of halogens is 1. The Bertz CT molecular complexity index is 1890. The van der Waals surface area contributed by atoms with Gasteiger partial charge in [-0.2, -0.15) is 5.10 Å². The van der Waals surface area contributed by atoms with Crippen LogP contribution in [0.4, 0.5) is 10.1 Å². The number of nitrogens with one attached hydrogen (secondary N) is 4. The number of hydrogen-bond donors (Lipinski definition) is 4. The Labute approximate surface area is 234 Å². The summed E-state index contributed by atoms with van der Waals surface area (Å²) < 4.78 is 13.9. The molecule has 9 nitrogen and oxygen atoms in total. The van der Waals surface area contributed by atoms with E-state index in [1.54, 1.807) is 30.9 Å². The maximum atomic E-state index is 13.9. The monoisotopic (exact) mass is 546 g/mol. The number of benzene rings is 1. The van der Waals surface area contributed by atoms with Gasteiger partial charge in [0.1, 0.15) is 5.82 Å². The lowest BCUT2D eigenvalue weighted by Gasteiger charge is -2.21. The topological polar surface area (TPSA) is 124 Å². The Kier molecular flexibility index (Phi) is 6.44. The number of pyridine rings is 3. The molecule has 1 aliphatic rings. The van der Waals surface area contributed by atoms with Crippen molar-refractivity contribution in [3.63, 3.8) is 0 Å². The zero-order valence-electron chi connectivity index (χ0n) is 22.1. The van der Waals surface area contributed by atoms with E-state index in [4.69, 9.17) is 0 Å². The molecule has 0 bridgehead atoms. The van der Waals surface area contributed by atoms with Gasteiger partial charge in [0.2, 0.25) is 5.91 Å². The number of fused-ring (bicyclic) bond motifs is 2. The Balaban J connectivity index is 1.19. The van der Waals surface area contributed by atoms with Crippen LogP contribution in [0.2, 0.25) is 0 Å². The second-order valence-corrected chi connectivity index (χ2v) is 10.4. The molecule has 0 aliphatic carbocycles. The van der Waals surface area contributed by atoms with Gasteiger partial charge >= 0.3 is 0 Å². The summed E-state index contributed by atoms with van der Waals surface area (Å²) in [4.78, 5) is 29.6. The van der Waals surface area contributed by atoms with E-state index >= 15 is 0 Å². The minimum Gasteiger partial charge on any atom is -0.353 e. The third-order valence-electron chi connectivity index (χ3n) is 7.61. The van der Waals surface area contributed by atoms with Crippen LogP contribution in [0.3, 0.4) is 0 Å². The first-order valence-electron chi connectivity index (χ1n) is 13.6. The molecule has 1 amide bonds. The maximum absolute atomic E-state index is 13.9. The standard InChI is InChI=1S/C31H27FN8O/c32-22-3-1-2-19(11-22)29-24-14-27(38-26(24)6-9-35-29)30-25-13-21(16-36-31(25)40-39-30)20-12-23(17-34-15-20)37-28(41)10-18-4-7-33-8-5-18/h1-3,6,9,11-18,33,38H,4-5,7-8,10H2,(H,37,41)(H,36,39,40). The summed E-state index contributed by atoms with van der Waals surface area (Å²) in [5.74, 6) is 0.103. The Morgan fingerprint density at radius 1 is 0.951 bits per heavy atom. The van der Waals surface area contributed by atoms with Gasteiger partial charge in [-0.15, -0.1) is 0 Å². The second kappa shape index (κ2) is 10.5. The maximum Gasteiger partial charge on any atom is 0.224 e. The van der Waals surface area contributed by atoms with Gasteiger partial charge in [0, 0.05) is 58.0 Å². The molecule has 1 fully saturated rings. The molecule has 6 heterocycles. The van der Waals surface area contributed by atoms with E-state index in [-0.39, 0.29) is 11.7 Å². The average Bonchev–Trinajstić information content (AvgIpc) is 3.61. The predicted molar refractivity (Wildman–Crippen MR) is 156 cm³/mol. The normalized spacial score (nSPS) is 14.1. The SMILES string of the molecule is O=C(CC1CCNCC1)Nc1cncc(-c2cnc3n[nH]c(-c4cc5c(-c6cccc(F)c6)nccc5[nH]4)c3c2)c1. The van der Waals surface area contributed by atoms with Gasteiger partial charge in [-0.1, -0.05) is 12.1 Å². The number of hydrogen-bond acceptors (Lipinski definition) is 6. The molecule has 5 aromatic heterocycles. The molecule has 41 heavy (non-hydrogen) atoms. The third kappa shape index (κ3) is 5.05. The fourth-order valence-corrected chi connectivity index (χ4v) is 5.54.